The maximum absolute atomic E-state index is 13.5. The highest BCUT2D eigenvalue weighted by Gasteiger charge is 2.20. The van der Waals surface area contributed by atoms with E-state index in [1.54, 1.807) is 29.7 Å². The van der Waals surface area contributed by atoms with Crippen LogP contribution in [0.1, 0.15) is 29.0 Å². The van der Waals surface area contributed by atoms with Gasteiger partial charge in [-0.2, -0.15) is 4.98 Å². The molecule has 0 fully saturated rings. The van der Waals surface area contributed by atoms with Gasteiger partial charge in [0, 0.05) is 17.6 Å². The summed E-state index contributed by atoms with van der Waals surface area (Å²) in [7, 11) is 0. The first kappa shape index (κ1) is 20.4. The van der Waals surface area contributed by atoms with Crippen LogP contribution in [0.15, 0.2) is 65.6 Å². The summed E-state index contributed by atoms with van der Waals surface area (Å²) in [5, 5.41) is 14.0. The van der Waals surface area contributed by atoms with Crippen molar-refractivity contribution < 1.29 is 9.90 Å². The lowest BCUT2D eigenvalue weighted by Gasteiger charge is -2.22. The van der Waals surface area contributed by atoms with Crippen molar-refractivity contribution in [2.24, 2.45) is 0 Å². The number of nitrogens with zero attached hydrogens (tertiary/aromatic N) is 3. The minimum absolute atomic E-state index is 0.0609. The second-order valence-electron chi connectivity index (χ2n) is 6.91. The number of anilines is 2. The molecule has 4 rings (SSSR count). The van der Waals surface area contributed by atoms with Crippen molar-refractivity contribution in [1.82, 2.24) is 14.5 Å². The van der Waals surface area contributed by atoms with Crippen molar-refractivity contribution >= 4 is 40.1 Å². The number of carboxylic acid groups (broad SMARTS) is 1. The number of aromatic nitrogens is 3. The molecule has 156 valence electrons. The number of nitrogens with two attached hydrogens (primary N) is 1. The first-order valence-corrected chi connectivity index (χ1v) is 9.76. The van der Waals surface area contributed by atoms with Crippen LogP contribution in [0.5, 0.6) is 0 Å². The molecule has 1 atom stereocenters. The molecule has 2 aromatic carbocycles. The maximum atomic E-state index is 13.5. The molecule has 0 aliphatic rings. The molecule has 0 saturated heterocycles. The van der Waals surface area contributed by atoms with Gasteiger partial charge in [0.2, 0.25) is 5.95 Å². The fourth-order valence-electron chi connectivity index (χ4n) is 3.44. The molecule has 9 heteroatoms. The number of para-hydroxylation sites is 1. The Morgan fingerprint density at radius 1 is 1.19 bits per heavy atom. The van der Waals surface area contributed by atoms with Gasteiger partial charge in [0.05, 0.1) is 16.5 Å². The Labute approximate surface area is 182 Å². The zero-order valence-corrected chi connectivity index (χ0v) is 17.2. The standard InChI is InChI=1S/C22H18ClN5O3/c1-12(26-19-15(21(30)31)11-25-22(24)27-19)17-10-13-6-5-9-16(23)18(13)20(29)28(17)14-7-3-2-4-8-14/h2-12H,1H3,(H,30,31)(H3,24,25,26,27). The van der Waals surface area contributed by atoms with Crippen LogP contribution < -0.4 is 16.6 Å². The number of nitrogen functional groups attached to an aromatic ring is 1. The Hall–Kier alpha value is -3.91. The number of carbonyl (C=O) groups is 1. The first-order valence-electron chi connectivity index (χ1n) is 9.38. The highest BCUT2D eigenvalue weighted by molar-refractivity contribution is 6.35. The second-order valence-corrected chi connectivity index (χ2v) is 7.32. The van der Waals surface area contributed by atoms with E-state index in [1.807, 2.05) is 36.4 Å². The average Bonchev–Trinajstić information content (AvgIpc) is 2.74. The summed E-state index contributed by atoms with van der Waals surface area (Å²) in [4.78, 5) is 32.8. The number of hydrogen-bond acceptors (Lipinski definition) is 6. The summed E-state index contributed by atoms with van der Waals surface area (Å²) in [5.74, 6) is -1.20. The predicted molar refractivity (Wildman–Crippen MR) is 120 cm³/mol. The van der Waals surface area contributed by atoms with Crippen LogP contribution >= 0.6 is 11.6 Å². The molecule has 1 unspecified atom stereocenters. The van der Waals surface area contributed by atoms with E-state index in [2.05, 4.69) is 15.3 Å². The summed E-state index contributed by atoms with van der Waals surface area (Å²) in [6.07, 6.45) is 1.14. The largest absolute Gasteiger partial charge is 0.477 e. The van der Waals surface area contributed by atoms with Gasteiger partial charge in [0.1, 0.15) is 11.4 Å². The number of fused-ring (bicyclic) bond motifs is 1. The summed E-state index contributed by atoms with van der Waals surface area (Å²) < 4.78 is 1.55. The first-order chi connectivity index (χ1) is 14.9. The van der Waals surface area contributed by atoms with Crippen molar-refractivity contribution in [3.05, 3.63) is 87.4 Å². The number of halogens is 1. The fraction of sp³-hybridized carbons (Fsp3) is 0.0909. The summed E-state index contributed by atoms with van der Waals surface area (Å²) in [6.45, 7) is 1.80. The third-order valence-corrected chi connectivity index (χ3v) is 5.19. The smallest absolute Gasteiger partial charge is 0.341 e. The van der Waals surface area contributed by atoms with E-state index in [0.717, 1.165) is 6.20 Å². The molecule has 2 heterocycles. The minimum atomic E-state index is -1.19. The molecule has 4 N–H and O–H groups in total. The monoisotopic (exact) mass is 435 g/mol. The lowest BCUT2D eigenvalue weighted by molar-refractivity contribution is 0.0697. The molecule has 4 aromatic rings. The van der Waals surface area contributed by atoms with Crippen LogP contribution in [0.25, 0.3) is 16.5 Å². The minimum Gasteiger partial charge on any atom is -0.477 e. The highest BCUT2D eigenvalue weighted by Crippen LogP contribution is 2.27. The molecular weight excluding hydrogens is 418 g/mol. The van der Waals surface area contributed by atoms with Gasteiger partial charge in [-0.25, -0.2) is 9.78 Å². The van der Waals surface area contributed by atoms with Crippen LogP contribution in [-0.2, 0) is 0 Å². The molecule has 0 aliphatic heterocycles. The molecule has 0 amide bonds. The lowest BCUT2D eigenvalue weighted by Crippen LogP contribution is -2.26. The Bertz CT molecular complexity index is 1350. The van der Waals surface area contributed by atoms with Crippen molar-refractivity contribution in [2.75, 3.05) is 11.1 Å². The summed E-state index contributed by atoms with van der Waals surface area (Å²) in [5.41, 5.74) is 6.50. The van der Waals surface area contributed by atoms with Gasteiger partial charge in [-0.05, 0) is 36.6 Å². The quantitative estimate of drug-likeness (QED) is 0.434. The van der Waals surface area contributed by atoms with E-state index in [4.69, 9.17) is 17.3 Å². The van der Waals surface area contributed by atoms with E-state index >= 15 is 0 Å². The van der Waals surface area contributed by atoms with Crippen molar-refractivity contribution in [1.29, 1.82) is 0 Å². The average molecular weight is 436 g/mol. The van der Waals surface area contributed by atoms with Crippen molar-refractivity contribution in [3.8, 4) is 5.69 Å². The van der Waals surface area contributed by atoms with E-state index in [1.165, 1.54) is 0 Å². The molecule has 0 saturated carbocycles. The van der Waals surface area contributed by atoms with Crippen LogP contribution in [0, 0.1) is 0 Å². The number of nitrogens with one attached hydrogen (secondary N) is 1. The van der Waals surface area contributed by atoms with Crippen LogP contribution in [0.4, 0.5) is 11.8 Å². The van der Waals surface area contributed by atoms with Gasteiger partial charge in [0.15, 0.2) is 0 Å². The van der Waals surface area contributed by atoms with Gasteiger partial charge >= 0.3 is 5.97 Å². The molecule has 0 bridgehead atoms. The molecule has 2 aromatic heterocycles. The SMILES string of the molecule is CC(Nc1nc(N)ncc1C(=O)O)c1cc2cccc(Cl)c2c(=O)n1-c1ccccc1. The Balaban J connectivity index is 1.92. The summed E-state index contributed by atoms with van der Waals surface area (Å²) in [6, 6.07) is 15.7. The van der Waals surface area contributed by atoms with Gasteiger partial charge in [-0.1, -0.05) is 41.9 Å². The lowest BCUT2D eigenvalue weighted by atomic mass is 10.1. The fourth-order valence-corrected chi connectivity index (χ4v) is 3.71. The summed E-state index contributed by atoms with van der Waals surface area (Å²) >= 11 is 6.33. The van der Waals surface area contributed by atoms with Crippen LogP contribution in [0.3, 0.4) is 0 Å². The topological polar surface area (TPSA) is 123 Å². The number of aromatic carboxylic acids is 1. The van der Waals surface area contributed by atoms with Crippen LogP contribution in [-0.4, -0.2) is 25.6 Å². The predicted octanol–water partition coefficient (Wildman–Crippen LogP) is 3.89. The maximum Gasteiger partial charge on any atom is 0.341 e. The Morgan fingerprint density at radius 3 is 2.65 bits per heavy atom. The molecule has 0 aliphatic carbocycles. The number of carboxylic acids is 1. The zero-order valence-electron chi connectivity index (χ0n) is 16.4. The number of rotatable bonds is 5. The van der Waals surface area contributed by atoms with E-state index in [-0.39, 0.29) is 22.9 Å². The Morgan fingerprint density at radius 2 is 1.94 bits per heavy atom. The normalized spacial score (nSPS) is 11.9. The number of pyridine rings is 1. The molecule has 0 radical (unpaired) electrons. The molecule has 0 spiro atoms. The van der Waals surface area contributed by atoms with E-state index < -0.39 is 12.0 Å². The van der Waals surface area contributed by atoms with E-state index in [0.29, 0.717) is 27.2 Å². The van der Waals surface area contributed by atoms with Crippen LogP contribution in [0.2, 0.25) is 5.02 Å². The van der Waals surface area contributed by atoms with Gasteiger partial charge < -0.3 is 16.2 Å². The highest BCUT2D eigenvalue weighted by atomic mass is 35.5. The molecular formula is C22H18ClN5O3. The van der Waals surface area contributed by atoms with Gasteiger partial charge in [-0.3, -0.25) is 9.36 Å². The molecule has 8 nitrogen and oxygen atoms in total. The number of hydrogen-bond donors (Lipinski definition) is 3. The Kier molecular flexibility index (Phi) is 5.31. The zero-order chi connectivity index (χ0) is 22.1. The van der Waals surface area contributed by atoms with Gasteiger partial charge in [-0.15, -0.1) is 0 Å². The number of benzene rings is 2. The van der Waals surface area contributed by atoms with Crippen molar-refractivity contribution in [3.63, 3.8) is 0 Å². The van der Waals surface area contributed by atoms with Gasteiger partial charge in [0.25, 0.3) is 5.56 Å². The third kappa shape index (κ3) is 3.80. The molecule has 31 heavy (non-hydrogen) atoms. The third-order valence-electron chi connectivity index (χ3n) is 4.87. The second kappa shape index (κ2) is 8.08. The van der Waals surface area contributed by atoms with Crippen molar-refractivity contribution in [2.45, 2.75) is 13.0 Å². The van der Waals surface area contributed by atoms with E-state index in [9.17, 15) is 14.7 Å².